The van der Waals surface area contributed by atoms with Crippen LogP contribution in [-0.2, 0) is 43.2 Å². The number of aliphatic carboxylic acids is 6. The van der Waals surface area contributed by atoms with Gasteiger partial charge in [-0.2, -0.15) is 0 Å². The van der Waals surface area contributed by atoms with Crippen molar-refractivity contribution in [1.82, 2.24) is 20.3 Å². The van der Waals surface area contributed by atoms with Crippen LogP contribution >= 0.6 is 12.8 Å². The second kappa shape index (κ2) is 21.9. The Morgan fingerprint density at radius 2 is 1.13 bits per heavy atom. The summed E-state index contributed by atoms with van der Waals surface area (Å²) in [4.78, 5) is 113. The van der Waals surface area contributed by atoms with Gasteiger partial charge in [-0.1, -0.05) is 33.6 Å². The number of thiol groups is 1. The Balaban J connectivity index is 3.41. The number of carboxylic acids is 6. The molecule has 1 aliphatic carbocycles. The second-order valence-electron chi connectivity index (χ2n) is 13.3. The minimum absolute atomic E-state index is 0.0829. The Hall–Kier alpha value is -4.50. The van der Waals surface area contributed by atoms with Crippen LogP contribution in [0, 0.1) is 53.3 Å². The zero-order chi connectivity index (χ0) is 40.7. The molecule has 0 aromatic rings. The third-order valence-corrected chi connectivity index (χ3v) is 9.93. The van der Waals surface area contributed by atoms with E-state index in [0.29, 0.717) is 12.8 Å². The van der Waals surface area contributed by atoms with E-state index >= 15 is 0 Å². The lowest BCUT2D eigenvalue weighted by Crippen LogP contribution is -2.52. The molecule has 0 heterocycles. The number of nitrogens with one attached hydrogen (secondary N) is 3. The van der Waals surface area contributed by atoms with Gasteiger partial charge in [0.25, 0.3) is 0 Å². The van der Waals surface area contributed by atoms with Gasteiger partial charge in [-0.3, -0.25) is 48.1 Å². The van der Waals surface area contributed by atoms with Crippen molar-refractivity contribution in [2.75, 3.05) is 32.8 Å². The summed E-state index contributed by atoms with van der Waals surface area (Å²) < 4.78 is 2.00. The van der Waals surface area contributed by atoms with E-state index in [1.165, 1.54) is 20.8 Å². The molecule has 300 valence electrons. The van der Waals surface area contributed by atoms with E-state index < -0.39 is 133 Å². The molecule has 0 bridgehead atoms. The highest BCUT2D eigenvalue weighted by molar-refractivity contribution is 7.78. The third-order valence-electron chi connectivity index (χ3n) is 9.71. The highest BCUT2D eigenvalue weighted by Crippen LogP contribution is 2.47. The van der Waals surface area contributed by atoms with Crippen molar-refractivity contribution in [1.29, 1.82) is 0 Å². The maximum absolute atomic E-state index is 13.6. The summed E-state index contributed by atoms with van der Waals surface area (Å²) in [6.45, 7) is 0.960. The maximum Gasteiger partial charge on any atom is 0.320 e. The van der Waals surface area contributed by atoms with Crippen LogP contribution < -0.4 is 15.4 Å². The van der Waals surface area contributed by atoms with E-state index in [-0.39, 0.29) is 32.4 Å². The maximum atomic E-state index is 13.6. The van der Waals surface area contributed by atoms with Gasteiger partial charge < -0.3 is 51.1 Å². The van der Waals surface area contributed by atoms with Gasteiger partial charge in [0, 0.05) is 19.0 Å². The average Bonchev–Trinajstić information content (AvgIpc) is 3.89. The third kappa shape index (κ3) is 13.8. The summed E-state index contributed by atoms with van der Waals surface area (Å²) in [5.41, 5.74) is 0. The van der Waals surface area contributed by atoms with Crippen molar-refractivity contribution in [3.8, 4) is 0 Å². The molecule has 0 saturated heterocycles. The fourth-order valence-electron chi connectivity index (χ4n) is 7.05. The number of aliphatic hydroxyl groups is 1. The van der Waals surface area contributed by atoms with Crippen molar-refractivity contribution in [3.63, 3.8) is 0 Å². The highest BCUT2D eigenvalue weighted by Gasteiger charge is 2.54. The molecule has 0 radical (unpaired) electrons. The molecule has 53 heavy (non-hydrogen) atoms. The van der Waals surface area contributed by atoms with Gasteiger partial charge in [0.2, 0.25) is 17.7 Å². The molecule has 0 spiro atoms. The first kappa shape index (κ1) is 46.5. The lowest BCUT2D eigenvalue weighted by Gasteiger charge is -2.39. The first-order valence-corrected chi connectivity index (χ1v) is 17.4. The van der Waals surface area contributed by atoms with Gasteiger partial charge >= 0.3 is 35.8 Å². The fourth-order valence-corrected chi connectivity index (χ4v) is 7.25. The average molecular weight is 779 g/mol. The van der Waals surface area contributed by atoms with E-state index in [2.05, 4.69) is 23.4 Å². The van der Waals surface area contributed by atoms with Crippen LogP contribution in [0.15, 0.2) is 0 Å². The van der Waals surface area contributed by atoms with Crippen molar-refractivity contribution in [2.45, 2.75) is 58.9 Å². The molecular formula is C32H50N4O16S. The Bertz CT molecular complexity index is 1340. The molecule has 9 atom stereocenters. The van der Waals surface area contributed by atoms with E-state index in [9.17, 15) is 68.7 Å². The fraction of sp³-hybridized carbons (Fsp3) is 0.719. The minimum Gasteiger partial charge on any atom is -0.481 e. The molecule has 9 unspecified atom stereocenters. The molecular weight excluding hydrogens is 728 g/mol. The van der Waals surface area contributed by atoms with E-state index in [4.69, 9.17) is 10.2 Å². The predicted molar refractivity (Wildman–Crippen MR) is 183 cm³/mol. The molecule has 10 N–H and O–H groups in total. The van der Waals surface area contributed by atoms with Crippen molar-refractivity contribution < 1.29 is 78.9 Å². The molecule has 1 fully saturated rings. The second-order valence-corrected chi connectivity index (χ2v) is 13.5. The SMILES string of the molecule is CC(C(=O)NS)C(C(=O)O)C(C)C(C(=O)O)C(C(=O)NCCO)C(C)C(C(=O)O)C(C(=O)NCCCCC(C(=O)O)N(CC(=O)O)CC(=O)O)C1CC1. The number of aliphatic hydroxyl groups excluding tert-OH is 1. The van der Waals surface area contributed by atoms with Gasteiger partial charge in [-0.25, -0.2) is 0 Å². The Kier molecular flexibility index (Phi) is 19.2. The molecule has 0 aromatic heterocycles. The number of hydrogen-bond donors (Lipinski definition) is 11. The molecule has 0 aliphatic heterocycles. The zero-order valence-electron chi connectivity index (χ0n) is 29.5. The number of hydrogen-bond acceptors (Lipinski definition) is 12. The summed E-state index contributed by atoms with van der Waals surface area (Å²) in [7, 11) is 0. The van der Waals surface area contributed by atoms with Crippen LogP contribution in [0.1, 0.15) is 52.9 Å². The lowest BCUT2D eigenvalue weighted by atomic mass is 9.64. The van der Waals surface area contributed by atoms with Gasteiger partial charge in [0.15, 0.2) is 0 Å². The highest BCUT2D eigenvalue weighted by atomic mass is 32.1. The van der Waals surface area contributed by atoms with E-state index in [1.807, 2.05) is 4.72 Å². The molecule has 3 amide bonds. The molecule has 1 aliphatic rings. The van der Waals surface area contributed by atoms with Gasteiger partial charge in [-0.15, -0.1) is 0 Å². The van der Waals surface area contributed by atoms with Crippen molar-refractivity contribution in [3.05, 3.63) is 0 Å². The van der Waals surface area contributed by atoms with Crippen molar-refractivity contribution in [2.24, 2.45) is 53.3 Å². The quantitative estimate of drug-likeness (QED) is 0.0349. The summed E-state index contributed by atoms with van der Waals surface area (Å²) >= 11 is 3.66. The van der Waals surface area contributed by atoms with E-state index in [1.54, 1.807) is 0 Å². The zero-order valence-corrected chi connectivity index (χ0v) is 30.4. The molecule has 21 heteroatoms. The van der Waals surface area contributed by atoms with Crippen molar-refractivity contribution >= 4 is 66.4 Å². The number of carbonyl (C=O) groups excluding carboxylic acids is 3. The minimum atomic E-state index is -1.89. The number of carbonyl (C=O) groups is 9. The monoisotopic (exact) mass is 778 g/mol. The number of nitrogens with zero attached hydrogens (tertiary/aromatic N) is 1. The number of rotatable bonds is 27. The normalized spacial score (nSPS) is 17.8. The number of unbranched alkanes of at least 4 members (excludes halogenated alkanes) is 1. The van der Waals surface area contributed by atoms with Crippen LogP contribution in [0.3, 0.4) is 0 Å². The molecule has 1 rings (SSSR count). The van der Waals surface area contributed by atoms with Crippen LogP contribution in [0.4, 0.5) is 0 Å². The van der Waals surface area contributed by atoms with Crippen LogP contribution in [0.5, 0.6) is 0 Å². The van der Waals surface area contributed by atoms with E-state index in [0.717, 1.165) is 4.90 Å². The standard InChI is InChI=1S/C32H50N4O16S/c1-14(21(30(47)48)16(3)26(42)35-53)23(31(49)50)22(27(43)34-10-11-37)15(2)24(32(51)52)25(17-7-8-17)28(44)33-9-5-4-6-18(29(45)46)36(12-19(38)39)13-20(40)41/h14-18,21-25,37,53H,4-13H2,1-3H3,(H,33,44)(H,34,43)(H,35,42)(H,38,39)(H,40,41)(H,45,46)(H,47,48)(H,49,50)(H,51,52). The topological polar surface area (TPSA) is 335 Å². The smallest absolute Gasteiger partial charge is 0.320 e. The Labute approximate surface area is 310 Å². The Morgan fingerprint density at radius 3 is 1.55 bits per heavy atom. The summed E-state index contributed by atoms with van der Waals surface area (Å²) in [5, 5.41) is 73.0. The molecule has 0 aromatic carbocycles. The largest absolute Gasteiger partial charge is 0.481 e. The molecule has 20 nitrogen and oxygen atoms in total. The van der Waals surface area contributed by atoms with Gasteiger partial charge in [0.1, 0.15) is 6.04 Å². The van der Waals surface area contributed by atoms with Crippen LogP contribution in [-0.4, -0.2) is 133 Å². The van der Waals surface area contributed by atoms with Gasteiger partial charge in [0.05, 0.1) is 49.3 Å². The first-order valence-electron chi connectivity index (χ1n) is 16.9. The lowest BCUT2D eigenvalue weighted by molar-refractivity contribution is -0.163. The Morgan fingerprint density at radius 1 is 0.642 bits per heavy atom. The van der Waals surface area contributed by atoms with Gasteiger partial charge in [-0.05, 0) is 49.9 Å². The number of amides is 3. The summed E-state index contributed by atoms with van der Waals surface area (Å²) in [6.07, 6.45) is 0.871. The number of carboxylic acid groups (broad SMARTS) is 6. The predicted octanol–water partition coefficient (Wildman–Crippen LogP) is -1.08. The molecule has 1 saturated carbocycles. The summed E-state index contributed by atoms with van der Waals surface area (Å²) in [5.74, 6) is -24.8. The first-order chi connectivity index (χ1) is 24.7. The van der Waals surface area contributed by atoms with Crippen LogP contribution in [0.2, 0.25) is 0 Å². The van der Waals surface area contributed by atoms with Crippen LogP contribution in [0.25, 0.3) is 0 Å². The summed E-state index contributed by atoms with van der Waals surface area (Å²) in [6, 6.07) is -1.47.